The molecule has 0 saturated heterocycles. The Hall–Kier alpha value is -1.38. The van der Waals surface area contributed by atoms with E-state index in [-0.39, 0.29) is 24.0 Å². The topological polar surface area (TPSA) is 135 Å². The third-order valence-corrected chi connectivity index (χ3v) is 11.4. The van der Waals surface area contributed by atoms with Crippen LogP contribution in [0, 0.1) is 39.4 Å². The number of aliphatic hydroxyl groups is 5. The molecule has 0 aromatic heterocycles. The summed E-state index contributed by atoms with van der Waals surface area (Å²) in [5.74, 6) is -1.88. The molecule has 4 aliphatic carbocycles. The molecule has 0 amide bonds. The van der Waals surface area contributed by atoms with Crippen LogP contribution in [0.2, 0.25) is 0 Å². The zero-order valence-electron chi connectivity index (χ0n) is 23.6. The van der Waals surface area contributed by atoms with Gasteiger partial charge in [0, 0.05) is 23.2 Å². The van der Waals surface area contributed by atoms with Crippen molar-refractivity contribution >= 4 is 11.6 Å². The molecule has 10 atom stereocenters. The van der Waals surface area contributed by atoms with Gasteiger partial charge in [0.05, 0.1) is 23.9 Å². The first-order valence-corrected chi connectivity index (χ1v) is 13.6. The Kier molecular flexibility index (Phi) is 6.43. The van der Waals surface area contributed by atoms with Crippen molar-refractivity contribution in [1.82, 2.24) is 0 Å². The van der Waals surface area contributed by atoms with Crippen molar-refractivity contribution in [1.29, 1.82) is 0 Å². The van der Waals surface area contributed by atoms with Gasteiger partial charge in [-0.25, -0.2) is 0 Å². The second-order valence-electron chi connectivity index (χ2n) is 14.4. The number of carbonyl (C=O) groups excluding carboxylic acids is 2. The maximum Gasteiger partial charge on any atom is 0.187 e. The van der Waals surface area contributed by atoms with E-state index in [1.54, 1.807) is 0 Å². The summed E-state index contributed by atoms with van der Waals surface area (Å²) in [5, 5.41) is 54.6. The maximum absolute atomic E-state index is 14.2. The molecule has 0 aliphatic heterocycles. The minimum atomic E-state index is -1.94. The molecule has 7 heteroatoms. The Balaban J connectivity index is 1.79. The molecule has 4 rings (SSSR count). The van der Waals surface area contributed by atoms with Crippen molar-refractivity contribution < 1.29 is 35.1 Å². The van der Waals surface area contributed by atoms with Crippen LogP contribution in [0.1, 0.15) is 81.1 Å². The van der Waals surface area contributed by atoms with Gasteiger partial charge in [-0.3, -0.25) is 9.59 Å². The molecule has 208 valence electrons. The van der Waals surface area contributed by atoms with Gasteiger partial charge in [0.15, 0.2) is 5.78 Å². The van der Waals surface area contributed by atoms with Crippen LogP contribution in [0.3, 0.4) is 0 Å². The monoisotopic (exact) mass is 518 g/mol. The second kappa shape index (κ2) is 8.31. The Morgan fingerprint density at radius 3 is 2.16 bits per heavy atom. The first-order valence-electron chi connectivity index (χ1n) is 13.6. The molecule has 5 N–H and O–H groups in total. The van der Waals surface area contributed by atoms with Crippen molar-refractivity contribution in [2.24, 2.45) is 39.4 Å². The predicted molar refractivity (Wildman–Crippen MR) is 139 cm³/mol. The number of carbonyl (C=O) groups is 2. The van der Waals surface area contributed by atoms with Crippen LogP contribution in [0.15, 0.2) is 23.8 Å². The van der Waals surface area contributed by atoms with Gasteiger partial charge in [0.2, 0.25) is 0 Å². The van der Waals surface area contributed by atoms with E-state index >= 15 is 0 Å². The standard InChI is InChI=1S/C30H46O7/c1-25(2,36)12-11-21(33)30(8,37)23-19(32)14-27(5)20-10-9-16-17(13-18(31)24(35)26(16,3)4)29(20,7)22(34)15-28(23,27)6/h9,11-12,17-20,23-24,31-32,35-37H,10,13-15H2,1-8H3/b12-11+/t17-,18?,19-,20-,23?,24+,27-,28?,29+,30-/m0/s1. The van der Waals surface area contributed by atoms with Crippen LogP contribution < -0.4 is 0 Å². The van der Waals surface area contributed by atoms with E-state index in [9.17, 15) is 35.1 Å². The maximum atomic E-state index is 14.2. The largest absolute Gasteiger partial charge is 0.393 e. The molecule has 0 heterocycles. The molecule has 3 fully saturated rings. The summed E-state index contributed by atoms with van der Waals surface area (Å²) in [6.45, 7) is 14.3. The van der Waals surface area contributed by atoms with E-state index < -0.39 is 62.9 Å². The van der Waals surface area contributed by atoms with E-state index in [2.05, 4.69) is 13.0 Å². The van der Waals surface area contributed by atoms with Gasteiger partial charge >= 0.3 is 0 Å². The number of Topliss-reactive ketones (excluding diaryl/α,β-unsaturated/α-hetero) is 1. The summed E-state index contributed by atoms with van der Waals surface area (Å²) in [5.41, 5.74) is -5.07. The van der Waals surface area contributed by atoms with E-state index in [0.29, 0.717) is 19.3 Å². The van der Waals surface area contributed by atoms with Crippen molar-refractivity contribution in [3.05, 3.63) is 23.8 Å². The van der Waals surface area contributed by atoms with Gasteiger partial charge < -0.3 is 25.5 Å². The van der Waals surface area contributed by atoms with Crippen LogP contribution in [0.5, 0.6) is 0 Å². The highest BCUT2D eigenvalue weighted by molar-refractivity contribution is 5.97. The van der Waals surface area contributed by atoms with Crippen LogP contribution in [0.4, 0.5) is 0 Å². The lowest BCUT2D eigenvalue weighted by Crippen LogP contribution is -2.65. The van der Waals surface area contributed by atoms with Gasteiger partial charge in [-0.15, -0.1) is 0 Å². The Bertz CT molecular complexity index is 1050. The van der Waals surface area contributed by atoms with E-state index in [0.717, 1.165) is 5.57 Å². The summed E-state index contributed by atoms with van der Waals surface area (Å²) in [4.78, 5) is 27.4. The fraction of sp³-hybridized carbons (Fsp3) is 0.800. The van der Waals surface area contributed by atoms with Crippen LogP contribution in [0.25, 0.3) is 0 Å². The fourth-order valence-electron chi connectivity index (χ4n) is 9.15. The zero-order valence-corrected chi connectivity index (χ0v) is 23.6. The number of allylic oxidation sites excluding steroid dienone is 1. The smallest absolute Gasteiger partial charge is 0.187 e. The minimum absolute atomic E-state index is 0.0156. The Labute approximate surface area is 220 Å². The number of fused-ring (bicyclic) bond motifs is 5. The summed E-state index contributed by atoms with van der Waals surface area (Å²) in [6.07, 6.45) is 3.10. The molecule has 0 spiro atoms. The number of hydrogen-bond acceptors (Lipinski definition) is 7. The van der Waals surface area contributed by atoms with E-state index in [4.69, 9.17) is 0 Å². The molecular weight excluding hydrogens is 472 g/mol. The normalized spacial score (nSPS) is 47.1. The van der Waals surface area contributed by atoms with Crippen molar-refractivity contribution in [3.63, 3.8) is 0 Å². The number of ketones is 2. The molecule has 0 bridgehead atoms. The average molecular weight is 519 g/mol. The molecule has 37 heavy (non-hydrogen) atoms. The summed E-state index contributed by atoms with van der Waals surface area (Å²) >= 11 is 0. The highest BCUT2D eigenvalue weighted by atomic mass is 16.3. The predicted octanol–water partition coefficient (Wildman–Crippen LogP) is 2.72. The lowest BCUT2D eigenvalue weighted by Gasteiger charge is -2.65. The zero-order chi connectivity index (χ0) is 28.1. The number of rotatable bonds is 4. The van der Waals surface area contributed by atoms with Crippen LogP contribution in [-0.4, -0.2) is 66.6 Å². The molecule has 0 aromatic rings. The highest BCUT2D eigenvalue weighted by Gasteiger charge is 2.74. The Morgan fingerprint density at radius 2 is 1.59 bits per heavy atom. The number of hydrogen-bond donors (Lipinski definition) is 5. The van der Waals surface area contributed by atoms with Crippen LogP contribution in [-0.2, 0) is 9.59 Å². The van der Waals surface area contributed by atoms with Gasteiger partial charge in [0.1, 0.15) is 11.4 Å². The first-order chi connectivity index (χ1) is 16.7. The molecule has 0 aromatic carbocycles. The molecule has 3 saturated carbocycles. The van der Waals surface area contributed by atoms with Gasteiger partial charge in [0.25, 0.3) is 0 Å². The highest BCUT2D eigenvalue weighted by Crippen LogP contribution is 2.74. The summed E-state index contributed by atoms with van der Waals surface area (Å²) in [7, 11) is 0. The SMILES string of the molecule is CC(C)(O)/C=C/C(=O)[C@](C)(O)C1[C@@H](O)C[C@@]2(C)[C@@H]3CC=C4[C@H](CC(O)[C@@H](O)C4(C)C)[C@@]3(C)C(=O)CC12C. The van der Waals surface area contributed by atoms with Crippen LogP contribution >= 0.6 is 0 Å². The quantitative estimate of drug-likeness (QED) is 0.285. The van der Waals surface area contributed by atoms with Crippen molar-refractivity contribution in [3.8, 4) is 0 Å². The molecule has 0 radical (unpaired) electrons. The van der Waals surface area contributed by atoms with Crippen molar-refractivity contribution in [2.45, 2.75) is 111 Å². The van der Waals surface area contributed by atoms with Gasteiger partial charge in [-0.05, 0) is 68.8 Å². The van der Waals surface area contributed by atoms with Crippen molar-refractivity contribution in [2.75, 3.05) is 0 Å². The second-order valence-corrected chi connectivity index (χ2v) is 14.4. The lowest BCUT2D eigenvalue weighted by molar-refractivity contribution is -0.186. The van der Waals surface area contributed by atoms with E-state index in [1.807, 2.05) is 27.7 Å². The molecule has 3 unspecified atom stereocenters. The van der Waals surface area contributed by atoms with Gasteiger partial charge in [-0.2, -0.15) is 0 Å². The third-order valence-electron chi connectivity index (χ3n) is 11.4. The minimum Gasteiger partial charge on any atom is -0.393 e. The number of aliphatic hydroxyl groups excluding tert-OH is 3. The molecule has 7 nitrogen and oxygen atoms in total. The van der Waals surface area contributed by atoms with Gasteiger partial charge in [-0.1, -0.05) is 52.3 Å². The average Bonchev–Trinajstić information content (AvgIpc) is 2.96. The lowest BCUT2D eigenvalue weighted by atomic mass is 9.38. The third kappa shape index (κ3) is 3.79. The fourth-order valence-corrected chi connectivity index (χ4v) is 9.15. The summed E-state index contributed by atoms with van der Waals surface area (Å²) in [6, 6.07) is 0. The Morgan fingerprint density at radius 1 is 1.00 bits per heavy atom. The first kappa shape index (κ1) is 28.6. The molecule has 4 aliphatic rings. The summed E-state index contributed by atoms with van der Waals surface area (Å²) < 4.78 is 0. The molecular formula is C30H46O7. The van der Waals surface area contributed by atoms with E-state index in [1.165, 1.54) is 32.9 Å².